The van der Waals surface area contributed by atoms with E-state index < -0.39 is 48.9 Å². The van der Waals surface area contributed by atoms with E-state index in [2.05, 4.69) is 5.32 Å². The molecule has 0 saturated carbocycles. The van der Waals surface area contributed by atoms with Gasteiger partial charge in [-0.1, -0.05) is 62.4 Å². The number of hydrogen-bond acceptors (Lipinski definition) is 4. The van der Waals surface area contributed by atoms with E-state index in [4.69, 9.17) is 4.74 Å². The molecule has 0 spiro atoms. The van der Waals surface area contributed by atoms with Gasteiger partial charge in [-0.25, -0.2) is 18.4 Å². The maximum Gasteiger partial charge on any atom is 0.407 e. The maximum absolute atomic E-state index is 13.9. The van der Waals surface area contributed by atoms with Crippen LogP contribution in [0, 0.1) is 5.92 Å². The molecule has 2 atom stereocenters. The third kappa shape index (κ3) is 5.13. The fraction of sp³-hybridized carbons (Fsp3) is 0.423. The smallest absolute Gasteiger partial charge is 0.407 e. The van der Waals surface area contributed by atoms with Gasteiger partial charge in [0.15, 0.2) is 0 Å². The van der Waals surface area contributed by atoms with Crippen molar-refractivity contribution in [3.8, 4) is 11.1 Å². The number of aliphatic carboxylic acids is 1. The van der Waals surface area contributed by atoms with Crippen molar-refractivity contribution in [2.75, 3.05) is 13.2 Å². The van der Waals surface area contributed by atoms with E-state index in [1.165, 1.54) is 0 Å². The first-order valence-electron chi connectivity index (χ1n) is 11.6. The number of amides is 2. The van der Waals surface area contributed by atoms with Gasteiger partial charge in [0, 0.05) is 12.3 Å². The van der Waals surface area contributed by atoms with Crippen LogP contribution in [-0.4, -0.2) is 59.1 Å². The van der Waals surface area contributed by atoms with Crippen molar-refractivity contribution in [3.63, 3.8) is 0 Å². The van der Waals surface area contributed by atoms with E-state index in [9.17, 15) is 28.3 Å². The Morgan fingerprint density at radius 1 is 1.09 bits per heavy atom. The lowest BCUT2D eigenvalue weighted by atomic mass is 9.98. The molecule has 9 heteroatoms. The molecule has 0 unspecified atom stereocenters. The molecule has 1 fully saturated rings. The van der Waals surface area contributed by atoms with E-state index >= 15 is 0 Å². The number of nitrogens with zero attached hydrogens (tertiary/aromatic N) is 1. The summed E-state index contributed by atoms with van der Waals surface area (Å²) in [6.45, 7) is 2.66. The van der Waals surface area contributed by atoms with Crippen LogP contribution in [-0.2, 0) is 14.3 Å². The predicted molar refractivity (Wildman–Crippen MR) is 124 cm³/mol. The zero-order chi connectivity index (χ0) is 25.3. The first kappa shape index (κ1) is 24.6. The van der Waals surface area contributed by atoms with Crippen LogP contribution < -0.4 is 5.32 Å². The second kappa shape index (κ2) is 9.64. The molecule has 0 aromatic heterocycles. The highest BCUT2D eigenvalue weighted by Crippen LogP contribution is 2.44. The molecule has 1 heterocycles. The molecule has 2 aromatic carbocycles. The number of alkyl halides is 2. The van der Waals surface area contributed by atoms with E-state index in [1.807, 2.05) is 62.4 Å². The highest BCUT2D eigenvalue weighted by atomic mass is 19.3. The number of rotatable bonds is 7. The summed E-state index contributed by atoms with van der Waals surface area (Å²) in [6.07, 6.45) is -1.66. The lowest BCUT2D eigenvalue weighted by Crippen LogP contribution is -2.52. The van der Waals surface area contributed by atoms with Crippen LogP contribution >= 0.6 is 0 Å². The number of alkyl carbamates (subject to hydrolysis) is 1. The number of halogens is 2. The first-order chi connectivity index (χ1) is 16.6. The normalized spacial score (nSPS) is 19.2. The average Bonchev–Trinajstić information content (AvgIpc) is 3.31. The number of fused-ring (bicyclic) bond motifs is 3. The van der Waals surface area contributed by atoms with Gasteiger partial charge in [0.2, 0.25) is 5.91 Å². The lowest BCUT2D eigenvalue weighted by Gasteiger charge is -2.27. The van der Waals surface area contributed by atoms with Gasteiger partial charge in [-0.2, -0.15) is 0 Å². The number of nitrogens with one attached hydrogen (secondary N) is 1. The van der Waals surface area contributed by atoms with Gasteiger partial charge >= 0.3 is 12.1 Å². The molecule has 0 radical (unpaired) electrons. The Bertz CT molecular complexity index is 1090. The first-order valence-corrected chi connectivity index (χ1v) is 11.6. The van der Waals surface area contributed by atoms with Crippen LogP contribution in [0.25, 0.3) is 11.1 Å². The van der Waals surface area contributed by atoms with Crippen LogP contribution in [0.15, 0.2) is 48.5 Å². The SMILES string of the molecule is CC(C)C[C@@H](NC(=O)OCC1c2ccccc2-c2ccccc21)C(=O)N1CC(F)(F)C[C@H]1C(=O)O. The molecular formula is C26H28F2N2O5. The summed E-state index contributed by atoms with van der Waals surface area (Å²) >= 11 is 0. The molecule has 186 valence electrons. The van der Waals surface area contributed by atoms with E-state index in [0.717, 1.165) is 22.3 Å². The minimum atomic E-state index is -3.30. The van der Waals surface area contributed by atoms with Crippen molar-refractivity contribution in [2.24, 2.45) is 5.92 Å². The summed E-state index contributed by atoms with van der Waals surface area (Å²) in [5.41, 5.74) is 4.19. The molecule has 2 aromatic rings. The van der Waals surface area contributed by atoms with Gasteiger partial charge in [-0.3, -0.25) is 4.79 Å². The summed E-state index contributed by atoms with van der Waals surface area (Å²) in [5, 5.41) is 11.8. The fourth-order valence-electron chi connectivity index (χ4n) is 4.94. The minimum Gasteiger partial charge on any atom is -0.480 e. The Kier molecular flexibility index (Phi) is 6.78. The topological polar surface area (TPSA) is 95.9 Å². The Morgan fingerprint density at radius 3 is 2.20 bits per heavy atom. The molecule has 0 bridgehead atoms. The standard InChI is InChI=1S/C26H28F2N2O5/c1-15(2)11-21(23(31)30-14-26(27,28)12-22(30)24(32)33)29-25(34)35-13-20-18-9-5-3-7-16(18)17-8-4-6-10-19(17)20/h3-10,15,20-22H,11-14H2,1-2H3,(H,29,34)(H,32,33)/t21-,22+/m1/s1. The number of carbonyl (C=O) groups excluding carboxylic acids is 2. The second-order valence-corrected chi connectivity index (χ2v) is 9.53. The lowest BCUT2D eigenvalue weighted by molar-refractivity contribution is -0.149. The third-order valence-electron chi connectivity index (χ3n) is 6.48. The van der Waals surface area contributed by atoms with Gasteiger partial charge in [0.05, 0.1) is 6.54 Å². The number of benzene rings is 2. The van der Waals surface area contributed by atoms with Crippen molar-refractivity contribution in [1.29, 1.82) is 0 Å². The zero-order valence-electron chi connectivity index (χ0n) is 19.5. The summed E-state index contributed by atoms with van der Waals surface area (Å²) in [6, 6.07) is 12.9. The minimum absolute atomic E-state index is 0.0297. The molecule has 7 nitrogen and oxygen atoms in total. The monoisotopic (exact) mass is 486 g/mol. The summed E-state index contributed by atoms with van der Waals surface area (Å²) in [7, 11) is 0. The Hall–Kier alpha value is -3.49. The van der Waals surface area contributed by atoms with Gasteiger partial charge in [0.25, 0.3) is 5.92 Å². The zero-order valence-corrected chi connectivity index (χ0v) is 19.5. The van der Waals surface area contributed by atoms with E-state index in [1.54, 1.807) is 0 Å². The average molecular weight is 487 g/mol. The molecule has 2 aliphatic rings. The third-order valence-corrected chi connectivity index (χ3v) is 6.48. The maximum atomic E-state index is 13.9. The highest BCUT2D eigenvalue weighted by Gasteiger charge is 2.51. The fourth-order valence-corrected chi connectivity index (χ4v) is 4.94. The van der Waals surface area contributed by atoms with Crippen LogP contribution in [0.1, 0.15) is 43.7 Å². The Labute approximate surface area is 202 Å². The molecule has 2 N–H and O–H groups in total. The highest BCUT2D eigenvalue weighted by molar-refractivity contribution is 5.90. The molecular weight excluding hydrogens is 458 g/mol. The van der Waals surface area contributed by atoms with Gasteiger partial charge in [-0.15, -0.1) is 0 Å². The molecule has 4 rings (SSSR count). The number of ether oxygens (including phenoxy) is 1. The van der Waals surface area contributed by atoms with Crippen molar-refractivity contribution in [1.82, 2.24) is 10.2 Å². The van der Waals surface area contributed by atoms with Gasteiger partial charge in [0.1, 0.15) is 18.7 Å². The van der Waals surface area contributed by atoms with Crippen LogP contribution in [0.3, 0.4) is 0 Å². The molecule has 1 aliphatic carbocycles. The van der Waals surface area contributed by atoms with Gasteiger partial charge < -0.3 is 20.1 Å². The quantitative estimate of drug-likeness (QED) is 0.610. The number of hydrogen-bond donors (Lipinski definition) is 2. The van der Waals surface area contributed by atoms with Crippen molar-refractivity contribution in [3.05, 3.63) is 59.7 Å². The Balaban J connectivity index is 1.46. The number of carboxylic acids is 1. The van der Waals surface area contributed by atoms with Crippen molar-refractivity contribution >= 4 is 18.0 Å². The van der Waals surface area contributed by atoms with Crippen LogP contribution in [0.2, 0.25) is 0 Å². The van der Waals surface area contributed by atoms with E-state index in [0.29, 0.717) is 4.90 Å². The van der Waals surface area contributed by atoms with Crippen molar-refractivity contribution in [2.45, 2.75) is 50.6 Å². The number of likely N-dealkylation sites (tertiary alicyclic amines) is 1. The van der Waals surface area contributed by atoms with Crippen LogP contribution in [0.4, 0.5) is 13.6 Å². The van der Waals surface area contributed by atoms with Crippen LogP contribution in [0.5, 0.6) is 0 Å². The number of carboxylic acid groups (broad SMARTS) is 1. The summed E-state index contributed by atoms with van der Waals surface area (Å²) in [4.78, 5) is 37.9. The second-order valence-electron chi connectivity index (χ2n) is 9.53. The van der Waals surface area contributed by atoms with Crippen molar-refractivity contribution < 1.29 is 33.0 Å². The van der Waals surface area contributed by atoms with Gasteiger partial charge in [-0.05, 0) is 34.6 Å². The number of carbonyl (C=O) groups is 3. The van der Waals surface area contributed by atoms with E-state index in [-0.39, 0.29) is 24.9 Å². The molecule has 1 aliphatic heterocycles. The molecule has 35 heavy (non-hydrogen) atoms. The summed E-state index contributed by atoms with van der Waals surface area (Å²) < 4.78 is 33.3. The summed E-state index contributed by atoms with van der Waals surface area (Å²) in [5.74, 6) is -5.90. The predicted octanol–water partition coefficient (Wildman–Crippen LogP) is 4.26. The molecule has 2 amide bonds. The molecule has 1 saturated heterocycles. The largest absolute Gasteiger partial charge is 0.480 e. The Morgan fingerprint density at radius 2 is 1.66 bits per heavy atom.